The molecule has 2 atom stereocenters. The fourth-order valence-corrected chi connectivity index (χ4v) is 5.43. The summed E-state index contributed by atoms with van der Waals surface area (Å²) < 4.78 is 6.13. The van der Waals surface area contributed by atoms with Gasteiger partial charge in [-0.25, -0.2) is 0 Å². The highest BCUT2D eigenvalue weighted by atomic mass is 28.4. The highest BCUT2D eigenvalue weighted by Gasteiger charge is 2.32. The zero-order valence-corrected chi connectivity index (χ0v) is 9.99. The summed E-state index contributed by atoms with van der Waals surface area (Å²) in [5.41, 5.74) is 3.73. The Balaban J connectivity index is 2.11. The van der Waals surface area contributed by atoms with Crippen LogP contribution in [-0.4, -0.2) is 14.4 Å². The van der Waals surface area contributed by atoms with E-state index in [1.165, 1.54) is 24.5 Å². The van der Waals surface area contributed by atoms with E-state index in [2.05, 4.69) is 43.5 Å². The Hall–Kier alpha value is -0.603. The fourth-order valence-electron chi connectivity index (χ4n) is 2.26. The molecule has 2 aliphatic rings. The van der Waals surface area contributed by atoms with Crippen molar-refractivity contribution in [3.63, 3.8) is 0 Å². The molecule has 2 unspecified atom stereocenters. The minimum absolute atomic E-state index is 0.464. The molecule has 1 nitrogen and oxygen atoms in total. The number of hydrogen-bond donors (Lipinski definition) is 0. The van der Waals surface area contributed by atoms with E-state index in [9.17, 15) is 0 Å². The molecule has 2 rings (SSSR count). The monoisotopic (exact) mass is 206 g/mol. The predicted octanol–water partition coefficient (Wildman–Crippen LogP) is 3.35. The lowest BCUT2D eigenvalue weighted by Crippen LogP contribution is -2.40. The van der Waals surface area contributed by atoms with Crippen LogP contribution in [0.15, 0.2) is 35.6 Å². The maximum absolute atomic E-state index is 6.13. The van der Waals surface area contributed by atoms with Crippen LogP contribution in [0.4, 0.5) is 0 Å². The van der Waals surface area contributed by atoms with Crippen LogP contribution < -0.4 is 0 Å². The summed E-state index contributed by atoms with van der Waals surface area (Å²) in [5, 5.41) is 0. The first-order chi connectivity index (χ1) is 6.68. The van der Waals surface area contributed by atoms with Gasteiger partial charge in [0.15, 0.2) is 0 Å². The SMILES string of the molecule is CC1CCC[Si](C)(C=C2C=CC=C2)O1. The second-order valence-corrected chi connectivity index (χ2v) is 8.15. The first-order valence-electron chi connectivity index (χ1n) is 5.43. The van der Waals surface area contributed by atoms with Crippen molar-refractivity contribution in [3.05, 3.63) is 35.6 Å². The van der Waals surface area contributed by atoms with E-state index in [4.69, 9.17) is 4.43 Å². The maximum Gasteiger partial charge on any atom is 0.215 e. The molecule has 0 saturated carbocycles. The first kappa shape index (κ1) is 9.93. The first-order valence-corrected chi connectivity index (χ1v) is 8.13. The van der Waals surface area contributed by atoms with Crippen molar-refractivity contribution in [1.82, 2.24) is 0 Å². The lowest BCUT2D eigenvalue weighted by molar-refractivity contribution is 0.182. The van der Waals surface area contributed by atoms with Crippen molar-refractivity contribution >= 4 is 8.32 Å². The van der Waals surface area contributed by atoms with Crippen LogP contribution in [0.5, 0.6) is 0 Å². The number of allylic oxidation sites excluding steroid dienone is 5. The molecule has 0 bridgehead atoms. The smallest absolute Gasteiger partial charge is 0.215 e. The van der Waals surface area contributed by atoms with E-state index in [0.717, 1.165) is 0 Å². The zero-order chi connectivity index (χ0) is 10.0. The van der Waals surface area contributed by atoms with Gasteiger partial charge in [0.05, 0.1) is 0 Å². The Bertz CT molecular complexity index is 289. The number of rotatable bonds is 1. The van der Waals surface area contributed by atoms with E-state index >= 15 is 0 Å². The average Bonchev–Trinajstić information content (AvgIpc) is 2.55. The van der Waals surface area contributed by atoms with Gasteiger partial charge in [-0.05, 0) is 31.5 Å². The van der Waals surface area contributed by atoms with Gasteiger partial charge in [0, 0.05) is 6.10 Å². The minimum atomic E-state index is -1.53. The quantitative estimate of drug-likeness (QED) is 0.598. The maximum atomic E-state index is 6.13. The van der Waals surface area contributed by atoms with Gasteiger partial charge in [-0.15, -0.1) is 0 Å². The minimum Gasteiger partial charge on any atom is -0.411 e. The molecule has 1 aliphatic carbocycles. The Morgan fingerprint density at radius 2 is 2.14 bits per heavy atom. The van der Waals surface area contributed by atoms with Crippen LogP contribution in [0.25, 0.3) is 0 Å². The zero-order valence-electron chi connectivity index (χ0n) is 8.99. The molecule has 0 amide bonds. The topological polar surface area (TPSA) is 9.23 Å². The van der Waals surface area contributed by atoms with Crippen molar-refractivity contribution < 1.29 is 4.43 Å². The van der Waals surface area contributed by atoms with E-state index in [0.29, 0.717) is 6.10 Å². The van der Waals surface area contributed by atoms with Gasteiger partial charge in [0.2, 0.25) is 8.32 Å². The second kappa shape index (κ2) is 3.87. The summed E-state index contributed by atoms with van der Waals surface area (Å²) in [5.74, 6) is 0. The van der Waals surface area contributed by atoms with Gasteiger partial charge in [-0.2, -0.15) is 0 Å². The summed E-state index contributed by atoms with van der Waals surface area (Å²) in [6.45, 7) is 4.53. The standard InChI is InChI=1S/C12H18OSi/c1-11-6-5-9-14(2,13-11)10-12-7-3-4-8-12/h3-4,7-8,10-11H,5-6,9H2,1-2H3. The number of hydrogen-bond acceptors (Lipinski definition) is 1. The van der Waals surface area contributed by atoms with Crippen molar-refractivity contribution in [2.24, 2.45) is 0 Å². The average molecular weight is 206 g/mol. The largest absolute Gasteiger partial charge is 0.411 e. The van der Waals surface area contributed by atoms with Crippen LogP contribution in [-0.2, 0) is 4.43 Å². The molecule has 1 fully saturated rings. The van der Waals surface area contributed by atoms with Gasteiger partial charge in [-0.1, -0.05) is 36.4 Å². The third-order valence-electron chi connectivity index (χ3n) is 2.91. The molecular weight excluding hydrogens is 188 g/mol. The van der Waals surface area contributed by atoms with Crippen LogP contribution in [0.3, 0.4) is 0 Å². The Morgan fingerprint density at radius 1 is 1.43 bits per heavy atom. The summed E-state index contributed by atoms with van der Waals surface area (Å²) in [4.78, 5) is 0. The Labute approximate surface area is 87.3 Å². The molecule has 0 spiro atoms. The van der Waals surface area contributed by atoms with Gasteiger partial charge in [0.25, 0.3) is 0 Å². The molecule has 0 radical (unpaired) electrons. The predicted molar refractivity (Wildman–Crippen MR) is 62.6 cm³/mol. The molecule has 1 saturated heterocycles. The third kappa shape index (κ3) is 2.25. The molecular formula is C12H18OSi. The second-order valence-electron chi connectivity index (χ2n) is 4.50. The highest BCUT2D eigenvalue weighted by Crippen LogP contribution is 2.28. The summed E-state index contributed by atoms with van der Waals surface area (Å²) >= 11 is 0. The molecule has 0 aromatic carbocycles. The lowest BCUT2D eigenvalue weighted by atomic mass is 10.2. The Kier molecular flexibility index (Phi) is 2.75. The normalized spacial score (nSPS) is 36.4. The van der Waals surface area contributed by atoms with E-state index in [-0.39, 0.29) is 0 Å². The molecule has 1 heterocycles. The third-order valence-corrected chi connectivity index (χ3v) is 6.15. The molecule has 76 valence electrons. The summed E-state index contributed by atoms with van der Waals surface area (Å²) in [6, 6.07) is 1.28. The fraction of sp³-hybridized carbons (Fsp3) is 0.500. The van der Waals surface area contributed by atoms with Crippen LogP contribution >= 0.6 is 0 Å². The highest BCUT2D eigenvalue weighted by molar-refractivity contribution is 6.77. The van der Waals surface area contributed by atoms with Crippen LogP contribution in [0, 0.1) is 0 Å². The summed E-state index contributed by atoms with van der Waals surface area (Å²) in [7, 11) is -1.53. The van der Waals surface area contributed by atoms with Gasteiger partial charge >= 0.3 is 0 Å². The molecule has 1 aliphatic heterocycles. The van der Waals surface area contributed by atoms with Crippen LogP contribution in [0.1, 0.15) is 19.8 Å². The van der Waals surface area contributed by atoms with Crippen LogP contribution in [0.2, 0.25) is 12.6 Å². The molecule has 0 aromatic heterocycles. The van der Waals surface area contributed by atoms with Gasteiger partial charge in [0.1, 0.15) is 0 Å². The van der Waals surface area contributed by atoms with E-state index in [1.54, 1.807) is 0 Å². The van der Waals surface area contributed by atoms with Gasteiger partial charge in [-0.3, -0.25) is 0 Å². The lowest BCUT2D eigenvalue weighted by Gasteiger charge is -2.33. The molecule has 14 heavy (non-hydrogen) atoms. The molecule has 0 N–H and O–H groups in total. The van der Waals surface area contributed by atoms with Gasteiger partial charge < -0.3 is 4.43 Å². The van der Waals surface area contributed by atoms with E-state index in [1.807, 2.05) is 0 Å². The molecule has 2 heteroatoms. The van der Waals surface area contributed by atoms with Crippen molar-refractivity contribution in [2.45, 2.75) is 38.5 Å². The molecule has 0 aromatic rings. The van der Waals surface area contributed by atoms with E-state index < -0.39 is 8.32 Å². The summed E-state index contributed by atoms with van der Waals surface area (Å²) in [6.07, 6.45) is 11.6. The van der Waals surface area contributed by atoms with Crippen molar-refractivity contribution in [3.8, 4) is 0 Å². The Morgan fingerprint density at radius 3 is 2.79 bits per heavy atom. The van der Waals surface area contributed by atoms with Crippen molar-refractivity contribution in [1.29, 1.82) is 0 Å². The van der Waals surface area contributed by atoms with Crippen molar-refractivity contribution in [2.75, 3.05) is 0 Å².